The van der Waals surface area contributed by atoms with E-state index in [4.69, 9.17) is 28.9 Å². The Bertz CT molecular complexity index is 404. The number of benzene rings is 1. The summed E-state index contributed by atoms with van der Waals surface area (Å²) in [6.07, 6.45) is 0. The highest BCUT2D eigenvalue weighted by molar-refractivity contribution is 6.31. The van der Waals surface area contributed by atoms with Crippen molar-refractivity contribution in [1.29, 1.82) is 0 Å². The molecule has 1 rings (SSSR count). The van der Waals surface area contributed by atoms with E-state index in [-0.39, 0.29) is 12.5 Å². The Kier molecular flexibility index (Phi) is 4.00. The number of amides is 1. The smallest absolute Gasteiger partial charge is 0.253 e. The number of anilines is 1. The van der Waals surface area contributed by atoms with Gasteiger partial charge in [-0.1, -0.05) is 29.8 Å². The number of carbonyl (C=O) groups excluding carboxylic acids is 1. The van der Waals surface area contributed by atoms with Gasteiger partial charge in [-0.2, -0.15) is 0 Å². The van der Waals surface area contributed by atoms with Crippen molar-refractivity contribution in [2.45, 2.75) is 0 Å². The van der Waals surface area contributed by atoms with Crippen molar-refractivity contribution < 1.29 is 4.79 Å². The summed E-state index contributed by atoms with van der Waals surface area (Å²) in [4.78, 5) is 11.6. The molecule has 3 nitrogen and oxygen atoms in total. The van der Waals surface area contributed by atoms with Crippen molar-refractivity contribution in [2.75, 3.05) is 12.3 Å². The molecular formula is C10H10Cl2N2O. The summed E-state index contributed by atoms with van der Waals surface area (Å²) in [6, 6.07) is 4.70. The number of rotatable bonds is 3. The lowest BCUT2D eigenvalue weighted by Gasteiger charge is -2.06. The Labute approximate surface area is 97.9 Å². The Hall–Kier alpha value is -1.19. The average molecular weight is 245 g/mol. The molecule has 3 N–H and O–H groups in total. The molecule has 5 heteroatoms. The third-order valence-corrected chi connectivity index (χ3v) is 2.07. The lowest BCUT2D eigenvalue weighted by molar-refractivity contribution is 0.0958. The van der Waals surface area contributed by atoms with Crippen LogP contribution in [0.15, 0.2) is 29.8 Å². The van der Waals surface area contributed by atoms with Gasteiger partial charge in [-0.25, -0.2) is 0 Å². The van der Waals surface area contributed by atoms with E-state index in [1.807, 2.05) is 0 Å². The van der Waals surface area contributed by atoms with Crippen LogP contribution >= 0.6 is 23.2 Å². The second kappa shape index (κ2) is 5.05. The summed E-state index contributed by atoms with van der Waals surface area (Å²) in [7, 11) is 0. The summed E-state index contributed by atoms with van der Waals surface area (Å²) in [6.45, 7) is 3.65. The van der Waals surface area contributed by atoms with Crippen LogP contribution in [0.5, 0.6) is 0 Å². The molecule has 0 saturated heterocycles. The molecule has 0 spiro atoms. The van der Waals surface area contributed by atoms with Gasteiger partial charge in [0.2, 0.25) is 0 Å². The fourth-order valence-electron chi connectivity index (χ4n) is 0.997. The Balaban J connectivity index is 2.81. The molecule has 0 aliphatic carbocycles. The highest BCUT2D eigenvalue weighted by atomic mass is 35.5. The molecule has 0 aliphatic rings. The summed E-state index contributed by atoms with van der Waals surface area (Å²) in [5, 5.41) is 3.37. The molecule has 0 radical (unpaired) electrons. The number of hydrogen-bond acceptors (Lipinski definition) is 2. The highest BCUT2D eigenvalue weighted by Crippen LogP contribution is 2.17. The predicted octanol–water partition coefficient (Wildman–Crippen LogP) is 2.40. The van der Waals surface area contributed by atoms with E-state index >= 15 is 0 Å². The summed E-state index contributed by atoms with van der Waals surface area (Å²) >= 11 is 11.3. The van der Waals surface area contributed by atoms with E-state index in [1.54, 1.807) is 12.1 Å². The van der Waals surface area contributed by atoms with Gasteiger partial charge in [0, 0.05) is 15.7 Å². The maximum Gasteiger partial charge on any atom is 0.253 e. The van der Waals surface area contributed by atoms with E-state index in [0.717, 1.165) is 0 Å². The van der Waals surface area contributed by atoms with Crippen LogP contribution in [0.4, 0.5) is 5.69 Å². The topological polar surface area (TPSA) is 55.1 Å². The van der Waals surface area contributed by atoms with Crippen LogP contribution in [0.2, 0.25) is 5.02 Å². The number of nitrogen functional groups attached to an aromatic ring is 1. The molecule has 0 fully saturated rings. The number of nitrogens with two attached hydrogens (primary N) is 1. The number of halogens is 2. The first-order valence-corrected chi connectivity index (χ1v) is 4.93. The van der Waals surface area contributed by atoms with Gasteiger partial charge in [0.05, 0.1) is 12.1 Å². The lowest BCUT2D eigenvalue weighted by Crippen LogP contribution is -2.25. The molecule has 1 aromatic carbocycles. The van der Waals surface area contributed by atoms with Gasteiger partial charge < -0.3 is 11.1 Å². The maximum atomic E-state index is 11.6. The molecule has 0 heterocycles. The molecule has 1 amide bonds. The van der Waals surface area contributed by atoms with Crippen LogP contribution in [0, 0.1) is 0 Å². The standard InChI is InChI=1S/C10H10Cl2N2O/c1-6(11)5-14-10(15)8-4-7(12)2-3-9(8)13/h2-4H,1,5,13H2,(H,14,15). The van der Waals surface area contributed by atoms with E-state index in [1.165, 1.54) is 6.07 Å². The Morgan fingerprint density at radius 3 is 2.80 bits per heavy atom. The minimum atomic E-state index is -0.322. The molecule has 1 aromatic rings. The fraction of sp³-hybridized carbons (Fsp3) is 0.100. The van der Waals surface area contributed by atoms with E-state index in [0.29, 0.717) is 21.3 Å². The van der Waals surface area contributed by atoms with Gasteiger partial charge in [0.25, 0.3) is 5.91 Å². The zero-order valence-corrected chi connectivity index (χ0v) is 9.40. The van der Waals surface area contributed by atoms with E-state index < -0.39 is 0 Å². The number of hydrogen-bond donors (Lipinski definition) is 2. The van der Waals surface area contributed by atoms with Crippen LogP contribution in [0.3, 0.4) is 0 Å². The van der Waals surface area contributed by atoms with Crippen LogP contribution in [-0.4, -0.2) is 12.5 Å². The van der Waals surface area contributed by atoms with Crippen molar-refractivity contribution >= 4 is 34.8 Å². The third-order valence-electron chi connectivity index (χ3n) is 1.70. The molecular weight excluding hydrogens is 235 g/mol. The second-order valence-electron chi connectivity index (χ2n) is 2.93. The lowest BCUT2D eigenvalue weighted by atomic mass is 10.1. The minimum Gasteiger partial charge on any atom is -0.398 e. The molecule has 0 atom stereocenters. The van der Waals surface area contributed by atoms with Gasteiger partial charge in [0.15, 0.2) is 0 Å². The SMILES string of the molecule is C=C(Cl)CNC(=O)c1cc(Cl)ccc1N. The van der Waals surface area contributed by atoms with Gasteiger partial charge in [0.1, 0.15) is 0 Å². The van der Waals surface area contributed by atoms with Crippen LogP contribution in [0.1, 0.15) is 10.4 Å². The zero-order valence-electron chi connectivity index (χ0n) is 7.89. The highest BCUT2D eigenvalue weighted by Gasteiger charge is 2.09. The molecule has 15 heavy (non-hydrogen) atoms. The Morgan fingerprint density at radius 1 is 1.53 bits per heavy atom. The van der Waals surface area contributed by atoms with Gasteiger partial charge in [-0.05, 0) is 18.2 Å². The van der Waals surface area contributed by atoms with Gasteiger partial charge in [-0.15, -0.1) is 0 Å². The third kappa shape index (κ3) is 3.46. The van der Waals surface area contributed by atoms with Crippen LogP contribution in [-0.2, 0) is 0 Å². The van der Waals surface area contributed by atoms with E-state index in [9.17, 15) is 4.79 Å². The van der Waals surface area contributed by atoms with Gasteiger partial charge in [-0.3, -0.25) is 4.79 Å². The zero-order chi connectivity index (χ0) is 11.4. The van der Waals surface area contributed by atoms with Crippen molar-refractivity contribution in [3.63, 3.8) is 0 Å². The first-order valence-electron chi connectivity index (χ1n) is 4.17. The Morgan fingerprint density at radius 2 is 2.20 bits per heavy atom. The number of carbonyl (C=O) groups is 1. The molecule has 0 aromatic heterocycles. The predicted molar refractivity (Wildman–Crippen MR) is 63.2 cm³/mol. The van der Waals surface area contributed by atoms with Crippen molar-refractivity contribution in [3.8, 4) is 0 Å². The first-order chi connectivity index (χ1) is 7.00. The molecule has 0 saturated carbocycles. The maximum absolute atomic E-state index is 11.6. The van der Waals surface area contributed by atoms with Crippen molar-refractivity contribution in [1.82, 2.24) is 5.32 Å². The summed E-state index contributed by atoms with van der Waals surface area (Å²) in [5.74, 6) is -0.322. The minimum absolute atomic E-state index is 0.201. The van der Waals surface area contributed by atoms with E-state index in [2.05, 4.69) is 11.9 Å². The molecule has 0 unspecified atom stereocenters. The monoisotopic (exact) mass is 244 g/mol. The average Bonchev–Trinajstić information content (AvgIpc) is 2.18. The fourth-order valence-corrected chi connectivity index (χ4v) is 1.24. The van der Waals surface area contributed by atoms with Crippen molar-refractivity contribution in [2.24, 2.45) is 0 Å². The largest absolute Gasteiger partial charge is 0.398 e. The molecule has 80 valence electrons. The van der Waals surface area contributed by atoms with Crippen LogP contribution in [0.25, 0.3) is 0 Å². The van der Waals surface area contributed by atoms with Crippen LogP contribution < -0.4 is 11.1 Å². The van der Waals surface area contributed by atoms with Crippen molar-refractivity contribution in [3.05, 3.63) is 40.4 Å². The quantitative estimate of drug-likeness (QED) is 0.803. The number of nitrogens with one attached hydrogen (secondary N) is 1. The molecule has 0 bridgehead atoms. The van der Waals surface area contributed by atoms with Gasteiger partial charge >= 0.3 is 0 Å². The normalized spacial score (nSPS) is 9.73. The molecule has 0 aliphatic heterocycles. The summed E-state index contributed by atoms with van der Waals surface area (Å²) in [5.41, 5.74) is 6.33. The first kappa shape index (κ1) is 11.9. The second-order valence-corrected chi connectivity index (χ2v) is 3.90. The summed E-state index contributed by atoms with van der Waals surface area (Å²) < 4.78 is 0.